The average Bonchev–Trinajstić information content (AvgIpc) is 3.50. The molecule has 0 saturated heterocycles. The number of benzene rings is 2. The first-order valence-corrected chi connectivity index (χ1v) is 11.7. The van der Waals surface area contributed by atoms with Gasteiger partial charge >= 0.3 is 5.69 Å². The lowest BCUT2D eigenvalue weighted by Gasteiger charge is -2.14. The van der Waals surface area contributed by atoms with E-state index >= 15 is 0 Å². The number of anilines is 2. The number of ether oxygens (including phenoxy) is 1. The fraction of sp³-hybridized carbons (Fsp3) is 0.192. The number of halogens is 1. The highest BCUT2D eigenvalue weighted by atomic mass is 19.1. The summed E-state index contributed by atoms with van der Waals surface area (Å²) >= 11 is 0. The number of methoxy groups -OCH3 is 1. The van der Waals surface area contributed by atoms with Crippen molar-refractivity contribution in [3.8, 4) is 28.1 Å². The number of aromatic nitrogens is 5. The van der Waals surface area contributed by atoms with E-state index in [1.165, 1.54) is 18.2 Å². The van der Waals surface area contributed by atoms with Gasteiger partial charge < -0.3 is 14.6 Å². The third-order valence-corrected chi connectivity index (χ3v) is 6.60. The molecule has 11 heteroatoms. The minimum atomic E-state index is -0.991. The monoisotopic (exact) mass is 499 g/mol. The van der Waals surface area contributed by atoms with Crippen LogP contribution in [0.15, 0.2) is 55.1 Å². The molecule has 37 heavy (non-hydrogen) atoms. The number of hydrogen-bond donors (Lipinski definition) is 1. The molecule has 0 bridgehead atoms. The number of rotatable bonds is 6. The second-order valence-electron chi connectivity index (χ2n) is 8.90. The van der Waals surface area contributed by atoms with Crippen LogP contribution in [0.3, 0.4) is 0 Å². The number of nitro groups is 1. The third-order valence-electron chi connectivity index (χ3n) is 6.60. The standard InChI is InChI=1S/C26H22FN7O3/c1-32-13-16(11-29-32)18-12-28-26(30-21-10-22(34(35)36)20(27)9-23(21)37-2)31-24(18)19-14-33-8-4-6-15-5-3-7-17(19)25(15)33/h3,5,7,9-14H,4,6,8H2,1-2H3,(H,28,30,31). The Morgan fingerprint density at radius 3 is 2.81 bits per heavy atom. The number of hydrogen-bond acceptors (Lipinski definition) is 7. The molecule has 3 aromatic heterocycles. The van der Waals surface area contributed by atoms with Gasteiger partial charge in [-0.3, -0.25) is 14.8 Å². The highest BCUT2D eigenvalue weighted by Crippen LogP contribution is 2.40. The van der Waals surface area contributed by atoms with Gasteiger partial charge in [0.2, 0.25) is 11.8 Å². The molecule has 10 nitrogen and oxygen atoms in total. The summed E-state index contributed by atoms with van der Waals surface area (Å²) in [4.78, 5) is 19.8. The van der Waals surface area contributed by atoms with Crippen LogP contribution in [0.4, 0.5) is 21.7 Å². The molecule has 5 aromatic rings. The van der Waals surface area contributed by atoms with E-state index in [4.69, 9.17) is 9.72 Å². The molecule has 0 spiro atoms. The SMILES string of the molecule is COc1cc(F)c([N+](=O)[O-])cc1Nc1ncc(-c2cnn(C)c2)c(-c2cn3c4c(cccc24)CCC3)n1. The smallest absolute Gasteiger partial charge is 0.307 e. The molecular formula is C26H22FN7O3. The Hall–Kier alpha value is -4.80. The zero-order valence-electron chi connectivity index (χ0n) is 20.1. The number of aryl methyl sites for hydroxylation is 3. The zero-order chi connectivity index (χ0) is 25.7. The summed E-state index contributed by atoms with van der Waals surface area (Å²) in [6.45, 7) is 0.919. The second kappa shape index (κ2) is 8.70. The maximum absolute atomic E-state index is 14.2. The Labute approximate surface area is 210 Å². The number of para-hydroxylation sites is 1. The van der Waals surface area contributed by atoms with Crippen LogP contribution < -0.4 is 10.1 Å². The molecule has 1 aliphatic rings. The molecule has 1 aliphatic heterocycles. The van der Waals surface area contributed by atoms with E-state index in [0.717, 1.165) is 53.6 Å². The number of nitro benzene ring substituents is 1. The van der Waals surface area contributed by atoms with Gasteiger partial charge in [-0.1, -0.05) is 18.2 Å². The van der Waals surface area contributed by atoms with Crippen LogP contribution in [0, 0.1) is 15.9 Å². The van der Waals surface area contributed by atoms with Crippen molar-refractivity contribution in [2.75, 3.05) is 12.4 Å². The lowest BCUT2D eigenvalue weighted by Crippen LogP contribution is -2.05. The molecule has 0 fully saturated rings. The molecule has 6 rings (SSSR count). The fourth-order valence-corrected chi connectivity index (χ4v) is 4.93. The molecule has 2 aromatic carbocycles. The predicted octanol–water partition coefficient (Wildman–Crippen LogP) is 5.24. The molecule has 0 unspecified atom stereocenters. The van der Waals surface area contributed by atoms with Gasteiger partial charge in [0, 0.05) is 66.4 Å². The van der Waals surface area contributed by atoms with Crippen molar-refractivity contribution in [3.63, 3.8) is 0 Å². The van der Waals surface area contributed by atoms with Crippen molar-refractivity contribution in [1.29, 1.82) is 0 Å². The fourth-order valence-electron chi connectivity index (χ4n) is 4.93. The minimum absolute atomic E-state index is 0.0942. The van der Waals surface area contributed by atoms with E-state index in [0.29, 0.717) is 5.69 Å². The number of nitrogens with zero attached hydrogens (tertiary/aromatic N) is 6. The van der Waals surface area contributed by atoms with E-state index in [-0.39, 0.29) is 17.4 Å². The Balaban J connectivity index is 1.53. The van der Waals surface area contributed by atoms with Crippen molar-refractivity contribution in [2.45, 2.75) is 19.4 Å². The van der Waals surface area contributed by atoms with Gasteiger partial charge in [0.05, 0.1) is 35.1 Å². The molecule has 0 aliphatic carbocycles. The zero-order valence-corrected chi connectivity index (χ0v) is 20.1. The average molecular weight is 500 g/mol. The lowest BCUT2D eigenvalue weighted by atomic mass is 9.99. The van der Waals surface area contributed by atoms with Gasteiger partial charge in [0.15, 0.2) is 0 Å². The van der Waals surface area contributed by atoms with Crippen molar-refractivity contribution < 1.29 is 14.1 Å². The largest absolute Gasteiger partial charge is 0.494 e. The summed E-state index contributed by atoms with van der Waals surface area (Å²) in [5.74, 6) is -0.708. The van der Waals surface area contributed by atoms with Crippen LogP contribution in [-0.4, -0.2) is 36.3 Å². The van der Waals surface area contributed by atoms with Crippen LogP contribution >= 0.6 is 0 Å². The molecule has 0 atom stereocenters. The van der Waals surface area contributed by atoms with Gasteiger partial charge in [-0.2, -0.15) is 9.49 Å². The molecule has 0 radical (unpaired) electrons. The molecule has 1 N–H and O–H groups in total. The van der Waals surface area contributed by atoms with E-state index in [1.807, 2.05) is 13.2 Å². The van der Waals surface area contributed by atoms with E-state index < -0.39 is 16.4 Å². The van der Waals surface area contributed by atoms with E-state index in [9.17, 15) is 14.5 Å². The van der Waals surface area contributed by atoms with Crippen molar-refractivity contribution in [1.82, 2.24) is 24.3 Å². The van der Waals surface area contributed by atoms with Crippen molar-refractivity contribution >= 4 is 28.2 Å². The number of nitrogens with one attached hydrogen (secondary N) is 1. The Morgan fingerprint density at radius 2 is 2.05 bits per heavy atom. The quantitative estimate of drug-likeness (QED) is 0.251. The molecule has 4 heterocycles. The first-order valence-electron chi connectivity index (χ1n) is 11.7. The highest BCUT2D eigenvalue weighted by molar-refractivity contribution is 6.00. The maximum Gasteiger partial charge on any atom is 0.307 e. The maximum atomic E-state index is 14.2. The summed E-state index contributed by atoms with van der Waals surface area (Å²) in [7, 11) is 3.20. The van der Waals surface area contributed by atoms with E-state index in [1.54, 1.807) is 17.1 Å². The lowest BCUT2D eigenvalue weighted by molar-refractivity contribution is -0.387. The molecular weight excluding hydrogens is 477 g/mol. The van der Waals surface area contributed by atoms with Crippen LogP contribution in [0.5, 0.6) is 5.75 Å². The van der Waals surface area contributed by atoms with Crippen LogP contribution in [0.2, 0.25) is 0 Å². The first kappa shape index (κ1) is 22.7. The van der Waals surface area contributed by atoms with Gasteiger partial charge in [-0.25, -0.2) is 9.97 Å². The van der Waals surface area contributed by atoms with E-state index in [2.05, 4.69) is 44.4 Å². The van der Waals surface area contributed by atoms with Gasteiger partial charge in [0.25, 0.3) is 0 Å². The Morgan fingerprint density at radius 1 is 1.19 bits per heavy atom. The van der Waals surface area contributed by atoms with Crippen molar-refractivity contribution in [2.24, 2.45) is 7.05 Å². The van der Waals surface area contributed by atoms with Crippen LogP contribution in [0.1, 0.15) is 12.0 Å². The highest BCUT2D eigenvalue weighted by Gasteiger charge is 2.23. The van der Waals surface area contributed by atoms with Crippen LogP contribution in [0.25, 0.3) is 33.3 Å². The first-order chi connectivity index (χ1) is 17.9. The summed E-state index contributed by atoms with van der Waals surface area (Å²) in [6.07, 6.45) is 9.54. The summed E-state index contributed by atoms with van der Waals surface area (Å²) in [5.41, 5.74) is 5.27. The third kappa shape index (κ3) is 3.84. The Kier molecular flexibility index (Phi) is 5.32. The van der Waals surface area contributed by atoms with Crippen LogP contribution in [-0.2, 0) is 20.0 Å². The molecule has 186 valence electrons. The normalized spacial score (nSPS) is 12.6. The topological polar surface area (TPSA) is 113 Å². The summed E-state index contributed by atoms with van der Waals surface area (Å²) in [5, 5.41) is 19.7. The Bertz CT molecular complexity index is 1690. The predicted molar refractivity (Wildman–Crippen MR) is 136 cm³/mol. The van der Waals surface area contributed by atoms with Gasteiger partial charge in [-0.05, 0) is 18.4 Å². The second-order valence-corrected chi connectivity index (χ2v) is 8.90. The molecule has 0 saturated carbocycles. The minimum Gasteiger partial charge on any atom is -0.494 e. The van der Waals surface area contributed by atoms with Crippen molar-refractivity contribution in [3.05, 3.63) is 76.6 Å². The summed E-state index contributed by atoms with van der Waals surface area (Å²) < 4.78 is 23.4. The van der Waals surface area contributed by atoms with Gasteiger partial charge in [-0.15, -0.1) is 0 Å². The van der Waals surface area contributed by atoms with Gasteiger partial charge in [0.1, 0.15) is 5.75 Å². The molecule has 0 amide bonds. The summed E-state index contributed by atoms with van der Waals surface area (Å²) in [6, 6.07) is 8.35.